The molecule has 4 nitrogen and oxygen atoms in total. The van der Waals surface area contributed by atoms with Gasteiger partial charge in [-0.25, -0.2) is 4.79 Å². The lowest BCUT2D eigenvalue weighted by Crippen LogP contribution is -2.51. The van der Waals surface area contributed by atoms with Crippen molar-refractivity contribution in [3.63, 3.8) is 0 Å². The molecule has 1 heterocycles. The molecule has 0 radical (unpaired) electrons. The number of Topliss-reactive ketones (excluding diaryl/α,β-unsaturated/α-hetero) is 1. The van der Waals surface area contributed by atoms with Gasteiger partial charge < -0.3 is 9.64 Å². The molecule has 0 N–H and O–H groups in total. The quantitative estimate of drug-likeness (QED) is 0.784. The van der Waals surface area contributed by atoms with Crippen LogP contribution in [0.15, 0.2) is 30.3 Å². The van der Waals surface area contributed by atoms with Crippen LogP contribution in [0.25, 0.3) is 0 Å². The standard InChI is InChI=1S/C23H31NO3/c1-15-9-10-18(23(2,3)16-7-5-4-6-8-16)21(13-15)27-22(26)24-12-11-17-19(24)14-20(17)25/h4-8,15,17-19,21H,9-14H2,1-3H3/t15-,17+,18-,19+,21-/m1/s1. The van der Waals surface area contributed by atoms with Crippen molar-refractivity contribution in [2.75, 3.05) is 6.54 Å². The molecule has 1 amide bonds. The minimum absolute atomic E-state index is 0.0493. The first-order chi connectivity index (χ1) is 12.9. The minimum Gasteiger partial charge on any atom is -0.446 e. The molecule has 5 atom stereocenters. The molecular formula is C23H31NO3. The zero-order chi connectivity index (χ0) is 19.2. The Labute approximate surface area is 162 Å². The summed E-state index contributed by atoms with van der Waals surface area (Å²) in [5.41, 5.74) is 1.25. The number of amides is 1. The molecular weight excluding hydrogens is 338 g/mol. The number of nitrogens with zero attached hydrogens (tertiary/aromatic N) is 1. The maximum absolute atomic E-state index is 12.9. The molecule has 1 aromatic carbocycles. The van der Waals surface area contributed by atoms with Gasteiger partial charge in [0.25, 0.3) is 0 Å². The molecule has 2 aliphatic carbocycles. The van der Waals surface area contributed by atoms with Gasteiger partial charge in [-0.15, -0.1) is 0 Å². The number of carbonyl (C=O) groups is 2. The van der Waals surface area contributed by atoms with Gasteiger partial charge in [0.05, 0.1) is 6.04 Å². The highest BCUT2D eigenvalue weighted by Gasteiger charge is 2.51. The minimum atomic E-state index is -0.206. The molecule has 1 saturated heterocycles. The summed E-state index contributed by atoms with van der Waals surface area (Å²) in [4.78, 5) is 26.4. The summed E-state index contributed by atoms with van der Waals surface area (Å²) in [5, 5.41) is 0. The van der Waals surface area contributed by atoms with Gasteiger partial charge in [-0.05, 0) is 36.2 Å². The molecule has 4 rings (SSSR count). The topological polar surface area (TPSA) is 46.6 Å². The van der Waals surface area contributed by atoms with Gasteiger partial charge in [0.15, 0.2) is 0 Å². The first kappa shape index (κ1) is 18.5. The van der Waals surface area contributed by atoms with Crippen molar-refractivity contribution in [1.82, 2.24) is 4.90 Å². The number of hydrogen-bond acceptors (Lipinski definition) is 3. The van der Waals surface area contributed by atoms with E-state index in [1.807, 2.05) is 11.0 Å². The number of ether oxygens (including phenoxy) is 1. The van der Waals surface area contributed by atoms with Crippen LogP contribution in [-0.2, 0) is 14.9 Å². The zero-order valence-corrected chi connectivity index (χ0v) is 16.7. The molecule has 3 aliphatic rings. The van der Waals surface area contributed by atoms with E-state index >= 15 is 0 Å². The summed E-state index contributed by atoms with van der Waals surface area (Å²) in [6.45, 7) is 7.47. The van der Waals surface area contributed by atoms with E-state index in [0.717, 1.165) is 19.3 Å². The van der Waals surface area contributed by atoms with E-state index < -0.39 is 0 Å². The predicted octanol–water partition coefficient (Wildman–Crippen LogP) is 4.57. The molecule has 27 heavy (non-hydrogen) atoms. The predicted molar refractivity (Wildman–Crippen MR) is 104 cm³/mol. The van der Waals surface area contributed by atoms with Crippen LogP contribution in [-0.4, -0.2) is 35.5 Å². The largest absolute Gasteiger partial charge is 0.446 e. The molecule has 4 heteroatoms. The van der Waals surface area contributed by atoms with Crippen LogP contribution >= 0.6 is 0 Å². The second-order valence-corrected chi connectivity index (χ2v) is 9.36. The molecule has 3 fully saturated rings. The Balaban J connectivity index is 1.50. The average Bonchev–Trinajstić information content (AvgIpc) is 2.99. The van der Waals surface area contributed by atoms with Crippen molar-refractivity contribution in [3.8, 4) is 0 Å². The second-order valence-electron chi connectivity index (χ2n) is 9.36. The van der Waals surface area contributed by atoms with Crippen molar-refractivity contribution in [2.45, 2.75) is 70.4 Å². The van der Waals surface area contributed by atoms with Gasteiger partial charge in [0.1, 0.15) is 11.9 Å². The van der Waals surface area contributed by atoms with Crippen LogP contribution in [0.4, 0.5) is 4.79 Å². The summed E-state index contributed by atoms with van der Waals surface area (Å²) in [6.07, 6.45) is 4.23. The van der Waals surface area contributed by atoms with Crippen molar-refractivity contribution >= 4 is 11.9 Å². The maximum Gasteiger partial charge on any atom is 0.410 e. The van der Waals surface area contributed by atoms with Crippen LogP contribution in [0.5, 0.6) is 0 Å². The van der Waals surface area contributed by atoms with E-state index in [2.05, 4.69) is 45.0 Å². The summed E-state index contributed by atoms with van der Waals surface area (Å²) < 4.78 is 6.13. The molecule has 2 saturated carbocycles. The molecule has 0 unspecified atom stereocenters. The number of ketones is 1. The second kappa shape index (κ2) is 6.96. The fourth-order valence-electron chi connectivity index (χ4n) is 5.47. The van der Waals surface area contributed by atoms with Crippen molar-refractivity contribution in [2.24, 2.45) is 17.8 Å². The normalized spacial score (nSPS) is 33.4. The van der Waals surface area contributed by atoms with Crippen LogP contribution in [0, 0.1) is 17.8 Å². The number of likely N-dealkylation sites (tertiary alicyclic amines) is 1. The fourth-order valence-corrected chi connectivity index (χ4v) is 5.47. The third kappa shape index (κ3) is 3.28. The monoisotopic (exact) mass is 369 g/mol. The van der Waals surface area contributed by atoms with Crippen LogP contribution in [0.3, 0.4) is 0 Å². The molecule has 0 spiro atoms. The summed E-state index contributed by atoms with van der Waals surface area (Å²) in [5.74, 6) is 1.26. The van der Waals surface area contributed by atoms with Crippen LogP contribution in [0.2, 0.25) is 0 Å². The van der Waals surface area contributed by atoms with Gasteiger partial charge in [0.2, 0.25) is 0 Å². The number of hydrogen-bond donors (Lipinski definition) is 0. The number of carbonyl (C=O) groups excluding carboxylic acids is 2. The molecule has 0 bridgehead atoms. The SMILES string of the molecule is C[C@@H]1CC[C@@H](C(C)(C)c2ccccc2)[C@H](OC(=O)N2CC[C@@H]3C(=O)C[C@@H]32)C1. The number of benzene rings is 1. The molecule has 146 valence electrons. The third-order valence-corrected chi connectivity index (χ3v) is 7.36. The van der Waals surface area contributed by atoms with E-state index in [1.54, 1.807) is 0 Å². The van der Waals surface area contributed by atoms with E-state index in [1.165, 1.54) is 12.0 Å². The Bertz CT molecular complexity index is 714. The number of fused-ring (bicyclic) bond motifs is 1. The highest BCUT2D eigenvalue weighted by Crippen LogP contribution is 2.44. The smallest absolute Gasteiger partial charge is 0.410 e. The first-order valence-electron chi connectivity index (χ1n) is 10.4. The Morgan fingerprint density at radius 2 is 1.89 bits per heavy atom. The molecule has 1 aromatic rings. The lowest BCUT2D eigenvalue weighted by Gasteiger charge is -2.44. The highest BCUT2D eigenvalue weighted by atomic mass is 16.6. The fraction of sp³-hybridized carbons (Fsp3) is 0.652. The molecule has 1 aliphatic heterocycles. The first-order valence-corrected chi connectivity index (χ1v) is 10.4. The Morgan fingerprint density at radius 1 is 1.15 bits per heavy atom. The van der Waals surface area contributed by atoms with Gasteiger partial charge in [-0.1, -0.05) is 57.5 Å². The maximum atomic E-state index is 12.9. The van der Waals surface area contributed by atoms with E-state index in [4.69, 9.17) is 4.74 Å². The summed E-state index contributed by atoms with van der Waals surface area (Å²) in [7, 11) is 0. The highest BCUT2D eigenvalue weighted by molar-refractivity contribution is 5.90. The zero-order valence-electron chi connectivity index (χ0n) is 16.7. The number of rotatable bonds is 3. The average molecular weight is 370 g/mol. The molecule has 0 aromatic heterocycles. The third-order valence-electron chi connectivity index (χ3n) is 7.36. The van der Waals surface area contributed by atoms with Gasteiger partial charge in [-0.3, -0.25) is 4.79 Å². The lowest BCUT2D eigenvalue weighted by atomic mass is 9.64. The van der Waals surface area contributed by atoms with Gasteiger partial charge in [0, 0.05) is 24.8 Å². The Hall–Kier alpha value is -1.84. The Kier molecular flexibility index (Phi) is 4.77. The lowest BCUT2D eigenvalue weighted by molar-refractivity contribution is -0.131. The summed E-state index contributed by atoms with van der Waals surface area (Å²) in [6, 6.07) is 10.7. The van der Waals surface area contributed by atoms with E-state index in [9.17, 15) is 9.59 Å². The van der Waals surface area contributed by atoms with Gasteiger partial charge >= 0.3 is 6.09 Å². The van der Waals surface area contributed by atoms with E-state index in [0.29, 0.717) is 30.6 Å². The van der Waals surface area contributed by atoms with E-state index in [-0.39, 0.29) is 29.6 Å². The van der Waals surface area contributed by atoms with Crippen molar-refractivity contribution < 1.29 is 14.3 Å². The van der Waals surface area contributed by atoms with Crippen LogP contribution in [0.1, 0.15) is 58.4 Å². The van der Waals surface area contributed by atoms with Crippen molar-refractivity contribution in [1.29, 1.82) is 0 Å². The Morgan fingerprint density at radius 3 is 2.56 bits per heavy atom. The van der Waals surface area contributed by atoms with Gasteiger partial charge in [-0.2, -0.15) is 0 Å². The van der Waals surface area contributed by atoms with Crippen molar-refractivity contribution in [3.05, 3.63) is 35.9 Å². The van der Waals surface area contributed by atoms with Crippen LogP contribution < -0.4 is 0 Å². The summed E-state index contributed by atoms with van der Waals surface area (Å²) >= 11 is 0.